The van der Waals surface area contributed by atoms with Crippen LogP contribution in [0.25, 0.3) is 0 Å². The lowest BCUT2D eigenvalue weighted by atomic mass is 10.3. The minimum Gasteiger partial charge on any atom is -0.406 e. The molecule has 2 rings (SSSR count). The van der Waals surface area contributed by atoms with E-state index < -0.39 is 11.7 Å². The van der Waals surface area contributed by atoms with Crippen LogP contribution < -0.4 is 10.6 Å². The second-order valence-electron chi connectivity index (χ2n) is 4.43. The standard InChI is InChI=1S/C10H15F3N4O/c1-3-14-6(2)7-16-17-8(18-7)15-9(4-5-9)10(11,12)13/h6,14H,3-5H2,1-2H3,(H,15,17). The molecule has 18 heavy (non-hydrogen) atoms. The van der Waals surface area contributed by atoms with Crippen LogP contribution >= 0.6 is 0 Å². The Morgan fingerprint density at radius 2 is 2.06 bits per heavy atom. The summed E-state index contributed by atoms with van der Waals surface area (Å²) in [5.74, 6) is 0.275. The molecular weight excluding hydrogens is 249 g/mol. The Bertz CT molecular complexity index is 414. The number of hydrogen-bond donors (Lipinski definition) is 2. The van der Waals surface area contributed by atoms with Crippen molar-refractivity contribution in [3.05, 3.63) is 5.89 Å². The van der Waals surface area contributed by atoms with Gasteiger partial charge in [-0.1, -0.05) is 12.0 Å². The topological polar surface area (TPSA) is 63.0 Å². The van der Waals surface area contributed by atoms with E-state index in [-0.39, 0.29) is 30.8 Å². The Labute approximate surface area is 102 Å². The predicted molar refractivity (Wildman–Crippen MR) is 58.0 cm³/mol. The molecule has 0 radical (unpaired) electrons. The van der Waals surface area contributed by atoms with Crippen molar-refractivity contribution >= 4 is 6.01 Å². The zero-order valence-corrected chi connectivity index (χ0v) is 10.1. The van der Waals surface area contributed by atoms with E-state index in [0.717, 1.165) is 0 Å². The van der Waals surface area contributed by atoms with Gasteiger partial charge in [0.15, 0.2) is 0 Å². The predicted octanol–water partition coefficient (Wildman–Crippen LogP) is 2.25. The molecule has 0 aliphatic heterocycles. The maximum atomic E-state index is 12.7. The zero-order valence-electron chi connectivity index (χ0n) is 10.1. The van der Waals surface area contributed by atoms with Gasteiger partial charge in [0.25, 0.3) is 0 Å². The molecule has 1 aromatic heterocycles. The second-order valence-corrected chi connectivity index (χ2v) is 4.43. The second kappa shape index (κ2) is 4.42. The van der Waals surface area contributed by atoms with E-state index in [1.54, 1.807) is 6.92 Å². The molecule has 1 unspecified atom stereocenters. The lowest BCUT2D eigenvalue weighted by Gasteiger charge is -2.18. The average Bonchev–Trinajstić information content (AvgIpc) is 2.89. The number of anilines is 1. The van der Waals surface area contributed by atoms with Crippen LogP contribution in [0.2, 0.25) is 0 Å². The zero-order chi connectivity index (χ0) is 13.4. The first-order valence-electron chi connectivity index (χ1n) is 5.79. The molecule has 0 aromatic carbocycles. The van der Waals surface area contributed by atoms with Gasteiger partial charge in [-0.05, 0) is 26.3 Å². The molecule has 5 nitrogen and oxygen atoms in total. The fraction of sp³-hybridized carbons (Fsp3) is 0.800. The third-order valence-corrected chi connectivity index (χ3v) is 2.96. The van der Waals surface area contributed by atoms with Crippen molar-refractivity contribution < 1.29 is 17.6 Å². The summed E-state index contributed by atoms with van der Waals surface area (Å²) < 4.78 is 43.3. The van der Waals surface area contributed by atoms with Crippen LogP contribution in [0.15, 0.2) is 4.42 Å². The number of hydrogen-bond acceptors (Lipinski definition) is 5. The first kappa shape index (κ1) is 13.1. The van der Waals surface area contributed by atoms with E-state index in [4.69, 9.17) is 4.42 Å². The molecule has 102 valence electrons. The Morgan fingerprint density at radius 3 is 2.56 bits per heavy atom. The van der Waals surface area contributed by atoms with Gasteiger partial charge in [0.1, 0.15) is 5.54 Å². The summed E-state index contributed by atoms with van der Waals surface area (Å²) in [6.07, 6.45) is -4.22. The van der Waals surface area contributed by atoms with Gasteiger partial charge in [-0.2, -0.15) is 13.2 Å². The highest BCUT2D eigenvalue weighted by Gasteiger charge is 2.64. The van der Waals surface area contributed by atoms with Gasteiger partial charge >= 0.3 is 12.2 Å². The smallest absolute Gasteiger partial charge is 0.406 e. The molecule has 1 aliphatic rings. The highest BCUT2D eigenvalue weighted by molar-refractivity contribution is 5.32. The van der Waals surface area contributed by atoms with Crippen LogP contribution in [0.4, 0.5) is 19.2 Å². The molecule has 1 aliphatic carbocycles. The van der Waals surface area contributed by atoms with E-state index >= 15 is 0 Å². The summed E-state index contributed by atoms with van der Waals surface area (Å²) in [7, 11) is 0. The van der Waals surface area contributed by atoms with Crippen LogP contribution in [0.5, 0.6) is 0 Å². The van der Waals surface area contributed by atoms with Gasteiger partial charge < -0.3 is 15.1 Å². The lowest BCUT2D eigenvalue weighted by Crippen LogP contribution is -2.38. The molecule has 0 amide bonds. The molecule has 0 spiro atoms. The summed E-state index contributed by atoms with van der Waals surface area (Å²) in [6.45, 7) is 4.42. The summed E-state index contributed by atoms with van der Waals surface area (Å²) in [5.41, 5.74) is -1.88. The normalized spacial score (nSPS) is 19.6. The van der Waals surface area contributed by atoms with Gasteiger partial charge in [-0.25, -0.2) is 0 Å². The van der Waals surface area contributed by atoms with Crippen LogP contribution in [0, 0.1) is 0 Å². The number of nitrogens with one attached hydrogen (secondary N) is 2. The quantitative estimate of drug-likeness (QED) is 0.854. The van der Waals surface area contributed by atoms with E-state index in [9.17, 15) is 13.2 Å². The van der Waals surface area contributed by atoms with Crippen molar-refractivity contribution in [2.24, 2.45) is 0 Å². The van der Waals surface area contributed by atoms with Gasteiger partial charge in [-0.3, -0.25) is 0 Å². The van der Waals surface area contributed by atoms with Crippen molar-refractivity contribution in [2.45, 2.75) is 44.4 Å². The molecule has 0 bridgehead atoms. The summed E-state index contributed by atoms with van der Waals surface area (Å²) in [6, 6.07) is -0.358. The van der Waals surface area contributed by atoms with E-state index in [1.165, 1.54) is 0 Å². The van der Waals surface area contributed by atoms with E-state index in [0.29, 0.717) is 6.54 Å². The minimum absolute atomic E-state index is 0.0387. The van der Waals surface area contributed by atoms with Crippen molar-refractivity contribution in [2.75, 3.05) is 11.9 Å². The van der Waals surface area contributed by atoms with Gasteiger partial charge in [-0.15, -0.1) is 5.10 Å². The number of aromatic nitrogens is 2. The van der Waals surface area contributed by atoms with Gasteiger partial charge in [0.2, 0.25) is 5.89 Å². The Hall–Kier alpha value is -1.31. The monoisotopic (exact) mass is 264 g/mol. The third-order valence-electron chi connectivity index (χ3n) is 2.96. The number of nitrogens with zero attached hydrogens (tertiary/aromatic N) is 2. The highest BCUT2D eigenvalue weighted by Crippen LogP contribution is 2.51. The third kappa shape index (κ3) is 2.43. The fourth-order valence-corrected chi connectivity index (χ4v) is 1.66. The number of halogens is 3. The first-order valence-corrected chi connectivity index (χ1v) is 5.79. The fourth-order valence-electron chi connectivity index (χ4n) is 1.66. The van der Waals surface area contributed by atoms with Gasteiger partial charge in [0.05, 0.1) is 6.04 Å². The number of rotatable bonds is 5. The average molecular weight is 264 g/mol. The van der Waals surface area contributed by atoms with Crippen LogP contribution in [-0.2, 0) is 0 Å². The molecule has 1 aromatic rings. The molecule has 1 saturated carbocycles. The first-order chi connectivity index (χ1) is 8.38. The Morgan fingerprint density at radius 1 is 1.39 bits per heavy atom. The SMILES string of the molecule is CCNC(C)c1nnc(NC2(C(F)(F)F)CC2)o1. The molecule has 1 heterocycles. The Kier molecular flexibility index (Phi) is 3.22. The van der Waals surface area contributed by atoms with Crippen LogP contribution in [-0.4, -0.2) is 28.5 Å². The van der Waals surface area contributed by atoms with Crippen LogP contribution in [0.1, 0.15) is 38.6 Å². The molecular formula is C10H15F3N4O. The summed E-state index contributed by atoms with van der Waals surface area (Å²) >= 11 is 0. The molecule has 2 N–H and O–H groups in total. The summed E-state index contributed by atoms with van der Waals surface area (Å²) in [4.78, 5) is 0. The maximum Gasteiger partial charge on any atom is 0.411 e. The Balaban J connectivity index is 2.03. The highest BCUT2D eigenvalue weighted by atomic mass is 19.4. The molecule has 1 fully saturated rings. The maximum absolute atomic E-state index is 12.7. The van der Waals surface area contributed by atoms with E-state index in [2.05, 4.69) is 20.8 Å². The van der Waals surface area contributed by atoms with Crippen molar-refractivity contribution in [3.63, 3.8) is 0 Å². The van der Waals surface area contributed by atoms with Crippen LogP contribution in [0.3, 0.4) is 0 Å². The lowest BCUT2D eigenvalue weighted by molar-refractivity contribution is -0.151. The summed E-state index contributed by atoms with van der Waals surface area (Å²) in [5, 5.41) is 12.6. The van der Waals surface area contributed by atoms with Crippen molar-refractivity contribution in [3.8, 4) is 0 Å². The van der Waals surface area contributed by atoms with E-state index in [1.807, 2.05) is 6.92 Å². The van der Waals surface area contributed by atoms with Crippen molar-refractivity contribution in [1.29, 1.82) is 0 Å². The molecule has 0 saturated heterocycles. The number of alkyl halides is 3. The minimum atomic E-state index is -4.30. The van der Waals surface area contributed by atoms with Crippen molar-refractivity contribution in [1.82, 2.24) is 15.5 Å². The largest absolute Gasteiger partial charge is 0.411 e. The van der Waals surface area contributed by atoms with Gasteiger partial charge in [0, 0.05) is 0 Å². The molecule has 8 heteroatoms. The molecule has 1 atom stereocenters.